The van der Waals surface area contributed by atoms with E-state index < -0.39 is 17.8 Å². The summed E-state index contributed by atoms with van der Waals surface area (Å²) in [7, 11) is 0. The van der Waals surface area contributed by atoms with Crippen LogP contribution in [0.15, 0.2) is 18.3 Å². The van der Waals surface area contributed by atoms with Gasteiger partial charge in [0, 0.05) is 44.9 Å². The molecule has 1 aromatic rings. The molecule has 2 aliphatic rings. The second-order valence-electron chi connectivity index (χ2n) is 5.66. The van der Waals surface area contributed by atoms with Crippen LogP contribution in [0.4, 0.5) is 4.79 Å². The van der Waals surface area contributed by atoms with Crippen molar-refractivity contribution in [2.24, 2.45) is 0 Å². The van der Waals surface area contributed by atoms with Gasteiger partial charge in [0.15, 0.2) is 0 Å². The van der Waals surface area contributed by atoms with Crippen LogP contribution in [-0.2, 0) is 9.59 Å². The third-order valence-electron chi connectivity index (χ3n) is 4.17. The minimum atomic E-state index is -0.758. The molecule has 9 heteroatoms. The highest BCUT2D eigenvalue weighted by Crippen LogP contribution is 2.18. The third-order valence-corrected chi connectivity index (χ3v) is 4.17. The first kappa shape index (κ1) is 16.2. The van der Waals surface area contributed by atoms with Crippen LogP contribution >= 0.6 is 0 Å². The molecule has 0 aliphatic carbocycles. The van der Waals surface area contributed by atoms with E-state index >= 15 is 0 Å². The monoisotopic (exact) mass is 333 g/mol. The van der Waals surface area contributed by atoms with Gasteiger partial charge in [0.2, 0.25) is 5.88 Å². The van der Waals surface area contributed by atoms with Crippen molar-refractivity contribution >= 4 is 17.8 Å². The number of likely N-dealkylation sites (tertiary alicyclic amines) is 1. The van der Waals surface area contributed by atoms with Gasteiger partial charge in [-0.05, 0) is 13.0 Å². The van der Waals surface area contributed by atoms with Crippen molar-refractivity contribution in [1.29, 1.82) is 0 Å². The topological polar surface area (TPSA) is 95.9 Å². The van der Waals surface area contributed by atoms with E-state index in [1.165, 1.54) is 9.80 Å². The zero-order valence-electron chi connectivity index (χ0n) is 13.4. The largest absolute Gasteiger partial charge is 0.471 e. The Labute approximate surface area is 139 Å². The van der Waals surface area contributed by atoms with E-state index in [-0.39, 0.29) is 12.6 Å². The third kappa shape index (κ3) is 3.15. The summed E-state index contributed by atoms with van der Waals surface area (Å²) in [6.07, 6.45) is 1.99. The highest BCUT2D eigenvalue weighted by atomic mass is 16.5. The maximum Gasteiger partial charge on any atom is 0.327 e. The van der Waals surface area contributed by atoms with Gasteiger partial charge in [0.25, 0.3) is 0 Å². The number of urea groups is 1. The molecule has 2 saturated heterocycles. The Morgan fingerprint density at radius 1 is 1.29 bits per heavy atom. The molecule has 0 bridgehead atoms. The van der Waals surface area contributed by atoms with Gasteiger partial charge in [0.05, 0.1) is 6.54 Å². The number of ether oxygens (including phenoxy) is 1. The maximum atomic E-state index is 12.5. The molecule has 128 valence electrons. The van der Waals surface area contributed by atoms with Gasteiger partial charge < -0.3 is 14.5 Å². The lowest BCUT2D eigenvalue weighted by molar-refractivity contribution is -0.153. The summed E-state index contributed by atoms with van der Waals surface area (Å²) in [5, 5.41) is 7.59. The average molecular weight is 333 g/mol. The predicted octanol–water partition coefficient (Wildman–Crippen LogP) is -0.260. The van der Waals surface area contributed by atoms with Crippen LogP contribution in [0, 0.1) is 0 Å². The summed E-state index contributed by atoms with van der Waals surface area (Å²) in [5.41, 5.74) is 0. The zero-order valence-corrected chi connectivity index (χ0v) is 13.4. The van der Waals surface area contributed by atoms with Crippen LogP contribution in [0.5, 0.6) is 5.88 Å². The van der Waals surface area contributed by atoms with E-state index in [0.717, 1.165) is 4.90 Å². The van der Waals surface area contributed by atoms with E-state index in [1.54, 1.807) is 25.3 Å². The predicted molar refractivity (Wildman–Crippen MR) is 82.0 cm³/mol. The quantitative estimate of drug-likeness (QED) is 0.707. The standard InChI is InChI=1S/C15H19N5O4/c1-2-18-8-9-20(14(22)13(18)21)15(23)19-7-5-11(10-19)24-12-4-3-6-16-17-12/h3-4,6,11H,2,5,7-10H2,1H3. The van der Waals surface area contributed by atoms with Crippen molar-refractivity contribution in [3.05, 3.63) is 18.3 Å². The molecule has 4 amide bonds. The summed E-state index contributed by atoms with van der Waals surface area (Å²) in [5.74, 6) is -0.977. The number of rotatable bonds is 3. The minimum Gasteiger partial charge on any atom is -0.471 e. The summed E-state index contributed by atoms with van der Waals surface area (Å²) >= 11 is 0. The van der Waals surface area contributed by atoms with Crippen LogP contribution in [0.2, 0.25) is 0 Å². The van der Waals surface area contributed by atoms with Gasteiger partial charge >= 0.3 is 17.8 Å². The van der Waals surface area contributed by atoms with Crippen molar-refractivity contribution in [3.63, 3.8) is 0 Å². The first-order valence-corrected chi connectivity index (χ1v) is 7.94. The number of imide groups is 1. The molecular formula is C15H19N5O4. The van der Waals surface area contributed by atoms with E-state index in [2.05, 4.69) is 10.2 Å². The first-order chi connectivity index (χ1) is 11.6. The Hall–Kier alpha value is -2.71. The summed E-state index contributed by atoms with van der Waals surface area (Å²) in [6, 6.07) is 2.98. The molecule has 0 aromatic carbocycles. The number of carbonyl (C=O) groups excluding carboxylic acids is 3. The second kappa shape index (κ2) is 6.81. The molecular weight excluding hydrogens is 314 g/mol. The molecule has 0 saturated carbocycles. The average Bonchev–Trinajstić information content (AvgIpc) is 3.06. The van der Waals surface area contributed by atoms with Crippen molar-refractivity contribution in [1.82, 2.24) is 24.9 Å². The van der Waals surface area contributed by atoms with Crippen LogP contribution in [-0.4, -0.2) is 81.6 Å². The molecule has 0 N–H and O–H groups in total. The van der Waals surface area contributed by atoms with Gasteiger partial charge in [-0.1, -0.05) is 0 Å². The SMILES string of the molecule is CCN1CCN(C(=O)N2CCC(Oc3cccnn3)C2)C(=O)C1=O. The Morgan fingerprint density at radius 3 is 2.83 bits per heavy atom. The summed E-state index contributed by atoms with van der Waals surface area (Å²) < 4.78 is 5.68. The molecule has 9 nitrogen and oxygen atoms in total. The van der Waals surface area contributed by atoms with Crippen molar-refractivity contribution in [2.45, 2.75) is 19.4 Å². The molecule has 1 aromatic heterocycles. The highest BCUT2D eigenvalue weighted by molar-refractivity contribution is 6.38. The smallest absolute Gasteiger partial charge is 0.327 e. The highest BCUT2D eigenvalue weighted by Gasteiger charge is 2.39. The van der Waals surface area contributed by atoms with Gasteiger partial charge in [-0.2, -0.15) is 5.10 Å². The Balaban J connectivity index is 1.58. The number of hydrogen-bond donors (Lipinski definition) is 0. The number of carbonyl (C=O) groups is 3. The number of nitrogens with zero attached hydrogens (tertiary/aromatic N) is 5. The lowest BCUT2D eigenvalue weighted by Gasteiger charge is -2.33. The fourth-order valence-corrected chi connectivity index (χ4v) is 2.85. The Kier molecular flexibility index (Phi) is 4.59. The fraction of sp³-hybridized carbons (Fsp3) is 0.533. The molecule has 3 rings (SSSR count). The molecule has 2 fully saturated rings. The van der Waals surface area contributed by atoms with Gasteiger partial charge in [-0.15, -0.1) is 5.10 Å². The van der Waals surface area contributed by atoms with Gasteiger partial charge in [-0.25, -0.2) is 4.79 Å². The van der Waals surface area contributed by atoms with Gasteiger partial charge in [0.1, 0.15) is 6.10 Å². The Morgan fingerprint density at radius 2 is 2.12 bits per heavy atom. The molecule has 1 atom stereocenters. The second-order valence-corrected chi connectivity index (χ2v) is 5.66. The molecule has 2 aliphatic heterocycles. The van der Waals surface area contributed by atoms with E-state index in [1.807, 2.05) is 0 Å². The van der Waals surface area contributed by atoms with Crippen LogP contribution in [0.3, 0.4) is 0 Å². The van der Waals surface area contributed by atoms with Gasteiger partial charge in [-0.3, -0.25) is 14.5 Å². The van der Waals surface area contributed by atoms with E-state index in [4.69, 9.17) is 4.74 Å². The summed E-state index contributed by atoms with van der Waals surface area (Å²) in [4.78, 5) is 40.5. The van der Waals surface area contributed by atoms with Crippen molar-refractivity contribution in [3.8, 4) is 5.88 Å². The normalized spacial score (nSPS) is 21.4. The number of hydrogen-bond acceptors (Lipinski definition) is 6. The lowest BCUT2D eigenvalue weighted by atomic mass is 10.3. The molecule has 1 unspecified atom stereocenters. The Bertz CT molecular complexity index is 638. The number of amides is 4. The van der Waals surface area contributed by atoms with Crippen LogP contribution in [0.25, 0.3) is 0 Å². The van der Waals surface area contributed by atoms with Crippen molar-refractivity contribution < 1.29 is 19.1 Å². The van der Waals surface area contributed by atoms with Crippen LogP contribution < -0.4 is 4.74 Å². The van der Waals surface area contributed by atoms with E-state index in [0.29, 0.717) is 38.5 Å². The fourth-order valence-electron chi connectivity index (χ4n) is 2.85. The molecule has 0 spiro atoms. The zero-order chi connectivity index (χ0) is 17.1. The minimum absolute atomic E-state index is 0.201. The number of likely N-dealkylation sites (N-methyl/N-ethyl adjacent to an activating group) is 1. The maximum absolute atomic E-state index is 12.5. The number of piperazine rings is 1. The van der Waals surface area contributed by atoms with Crippen LogP contribution in [0.1, 0.15) is 13.3 Å². The summed E-state index contributed by atoms with van der Waals surface area (Å²) in [6.45, 7) is 3.69. The van der Waals surface area contributed by atoms with Crippen molar-refractivity contribution in [2.75, 3.05) is 32.7 Å². The lowest BCUT2D eigenvalue weighted by Crippen LogP contribution is -2.58. The molecule has 0 radical (unpaired) electrons. The number of aromatic nitrogens is 2. The first-order valence-electron chi connectivity index (χ1n) is 7.94. The van der Waals surface area contributed by atoms with E-state index in [9.17, 15) is 14.4 Å². The molecule has 3 heterocycles. The molecule has 24 heavy (non-hydrogen) atoms.